The Labute approximate surface area is 121 Å². The van der Waals surface area contributed by atoms with Crippen molar-refractivity contribution in [1.29, 1.82) is 0 Å². The molecule has 2 heterocycles. The van der Waals surface area contributed by atoms with E-state index in [1.54, 1.807) is 6.07 Å². The van der Waals surface area contributed by atoms with Crippen molar-refractivity contribution in [3.8, 4) is 16.9 Å². The Bertz CT molecular complexity index is 878. The molecule has 21 heavy (non-hydrogen) atoms. The first-order chi connectivity index (χ1) is 10.2. The SMILES string of the molecule is CC1Cc2c(ccc3c(-c4ccccc4)cc(=O)oc23)O1. The van der Waals surface area contributed by atoms with Crippen LogP contribution in [-0.4, -0.2) is 6.10 Å². The van der Waals surface area contributed by atoms with E-state index in [0.717, 1.165) is 34.2 Å². The Morgan fingerprint density at radius 3 is 2.71 bits per heavy atom. The van der Waals surface area contributed by atoms with Crippen molar-refractivity contribution >= 4 is 11.0 Å². The second kappa shape index (κ2) is 4.48. The molecule has 0 N–H and O–H groups in total. The molecule has 3 aromatic rings. The molecule has 1 aromatic heterocycles. The Kier molecular flexibility index (Phi) is 2.61. The molecule has 3 heteroatoms. The van der Waals surface area contributed by atoms with Crippen LogP contribution in [0.3, 0.4) is 0 Å². The summed E-state index contributed by atoms with van der Waals surface area (Å²) in [4.78, 5) is 12.0. The Balaban J connectivity index is 2.06. The van der Waals surface area contributed by atoms with Gasteiger partial charge in [-0.1, -0.05) is 30.3 Å². The fourth-order valence-electron chi connectivity index (χ4n) is 2.97. The Morgan fingerprint density at radius 1 is 1.10 bits per heavy atom. The third-order valence-electron chi connectivity index (χ3n) is 3.88. The quantitative estimate of drug-likeness (QED) is 0.636. The van der Waals surface area contributed by atoms with Gasteiger partial charge in [-0.2, -0.15) is 0 Å². The smallest absolute Gasteiger partial charge is 0.336 e. The number of rotatable bonds is 1. The molecule has 0 bridgehead atoms. The van der Waals surface area contributed by atoms with Crippen molar-refractivity contribution in [3.63, 3.8) is 0 Å². The van der Waals surface area contributed by atoms with Gasteiger partial charge in [0.2, 0.25) is 0 Å². The van der Waals surface area contributed by atoms with E-state index in [1.807, 2.05) is 49.4 Å². The molecule has 1 aliphatic heterocycles. The molecule has 4 rings (SSSR count). The summed E-state index contributed by atoms with van der Waals surface area (Å²) in [5.74, 6) is 0.823. The third-order valence-corrected chi connectivity index (χ3v) is 3.88. The van der Waals surface area contributed by atoms with Crippen molar-refractivity contribution in [1.82, 2.24) is 0 Å². The lowest BCUT2D eigenvalue weighted by Crippen LogP contribution is -2.05. The van der Waals surface area contributed by atoms with Crippen LogP contribution in [-0.2, 0) is 6.42 Å². The maximum atomic E-state index is 12.0. The predicted octanol–water partition coefficient (Wildman–Crippen LogP) is 3.78. The summed E-state index contributed by atoms with van der Waals surface area (Å²) in [7, 11) is 0. The Morgan fingerprint density at radius 2 is 1.90 bits per heavy atom. The molecule has 1 unspecified atom stereocenters. The summed E-state index contributed by atoms with van der Waals surface area (Å²) in [5.41, 5.74) is 3.25. The highest BCUT2D eigenvalue weighted by Crippen LogP contribution is 2.37. The van der Waals surface area contributed by atoms with E-state index in [4.69, 9.17) is 9.15 Å². The van der Waals surface area contributed by atoms with Crippen LogP contribution in [0.4, 0.5) is 0 Å². The maximum Gasteiger partial charge on any atom is 0.336 e. The molecule has 1 atom stereocenters. The lowest BCUT2D eigenvalue weighted by atomic mass is 9.99. The van der Waals surface area contributed by atoms with Gasteiger partial charge in [0.05, 0.1) is 0 Å². The van der Waals surface area contributed by atoms with Crippen LogP contribution in [0.2, 0.25) is 0 Å². The summed E-state index contributed by atoms with van der Waals surface area (Å²) in [6.07, 6.45) is 0.893. The number of hydrogen-bond donors (Lipinski definition) is 0. The van der Waals surface area contributed by atoms with Crippen LogP contribution in [0.25, 0.3) is 22.1 Å². The van der Waals surface area contributed by atoms with Gasteiger partial charge in [0.25, 0.3) is 0 Å². The van der Waals surface area contributed by atoms with E-state index in [2.05, 4.69) is 0 Å². The molecule has 0 aliphatic carbocycles. The standard InChI is InChI=1S/C18H14O3/c1-11-9-15-16(20-11)8-7-13-14(10-17(19)21-18(13)15)12-5-3-2-4-6-12/h2-8,10-11H,9H2,1H3. The van der Waals surface area contributed by atoms with Crippen molar-refractivity contribution in [2.24, 2.45) is 0 Å². The van der Waals surface area contributed by atoms with Gasteiger partial charge in [-0.05, 0) is 30.2 Å². The van der Waals surface area contributed by atoms with Crippen LogP contribution in [0, 0.1) is 0 Å². The topological polar surface area (TPSA) is 39.4 Å². The highest BCUT2D eigenvalue weighted by atomic mass is 16.5. The lowest BCUT2D eigenvalue weighted by molar-refractivity contribution is 0.254. The van der Waals surface area contributed by atoms with Crippen LogP contribution < -0.4 is 10.4 Å². The van der Waals surface area contributed by atoms with E-state index in [-0.39, 0.29) is 11.7 Å². The van der Waals surface area contributed by atoms with Gasteiger partial charge >= 0.3 is 5.63 Å². The normalized spacial score (nSPS) is 16.7. The summed E-state index contributed by atoms with van der Waals surface area (Å²) in [5, 5.41) is 0.956. The molecule has 0 fully saturated rings. The van der Waals surface area contributed by atoms with Gasteiger partial charge in [-0.15, -0.1) is 0 Å². The maximum absolute atomic E-state index is 12.0. The zero-order valence-electron chi connectivity index (χ0n) is 11.6. The highest BCUT2D eigenvalue weighted by molar-refractivity contribution is 5.95. The molecule has 0 spiro atoms. The number of benzene rings is 2. The van der Waals surface area contributed by atoms with Crippen LogP contribution >= 0.6 is 0 Å². The van der Waals surface area contributed by atoms with Crippen molar-refractivity contribution in [2.45, 2.75) is 19.4 Å². The van der Waals surface area contributed by atoms with Crippen LogP contribution in [0.15, 0.2) is 57.7 Å². The van der Waals surface area contributed by atoms with E-state index in [0.29, 0.717) is 5.58 Å². The van der Waals surface area contributed by atoms with E-state index in [9.17, 15) is 4.79 Å². The first-order valence-corrected chi connectivity index (χ1v) is 7.04. The predicted molar refractivity (Wildman–Crippen MR) is 81.7 cm³/mol. The van der Waals surface area contributed by atoms with Gasteiger partial charge in [0.1, 0.15) is 17.4 Å². The summed E-state index contributed by atoms with van der Waals surface area (Å²) < 4.78 is 11.2. The minimum Gasteiger partial charge on any atom is -0.490 e. The molecule has 0 amide bonds. The Hall–Kier alpha value is -2.55. The monoisotopic (exact) mass is 278 g/mol. The molecular formula is C18H14O3. The van der Waals surface area contributed by atoms with E-state index < -0.39 is 0 Å². The zero-order chi connectivity index (χ0) is 14.4. The van der Waals surface area contributed by atoms with Gasteiger partial charge in [-0.25, -0.2) is 4.79 Å². The molecule has 3 nitrogen and oxygen atoms in total. The average Bonchev–Trinajstić information content (AvgIpc) is 2.88. The summed E-state index contributed by atoms with van der Waals surface area (Å²) in [6.45, 7) is 2.02. The molecule has 0 radical (unpaired) electrons. The molecule has 1 aliphatic rings. The minimum atomic E-state index is -0.325. The van der Waals surface area contributed by atoms with Gasteiger partial charge in [-0.3, -0.25) is 0 Å². The molecule has 104 valence electrons. The first kappa shape index (κ1) is 12.2. The zero-order valence-corrected chi connectivity index (χ0v) is 11.6. The number of ether oxygens (including phenoxy) is 1. The average molecular weight is 278 g/mol. The lowest BCUT2D eigenvalue weighted by Gasteiger charge is -2.08. The molecule has 2 aromatic carbocycles. The number of fused-ring (bicyclic) bond motifs is 3. The van der Waals surface area contributed by atoms with Gasteiger partial charge < -0.3 is 9.15 Å². The highest BCUT2D eigenvalue weighted by Gasteiger charge is 2.24. The summed E-state index contributed by atoms with van der Waals surface area (Å²) >= 11 is 0. The van der Waals surface area contributed by atoms with Crippen LogP contribution in [0.1, 0.15) is 12.5 Å². The largest absolute Gasteiger partial charge is 0.490 e. The first-order valence-electron chi connectivity index (χ1n) is 7.04. The second-order valence-electron chi connectivity index (χ2n) is 5.40. The molecule has 0 saturated carbocycles. The summed E-state index contributed by atoms with van der Waals surface area (Å²) in [6, 6.07) is 15.4. The van der Waals surface area contributed by atoms with Crippen molar-refractivity contribution < 1.29 is 9.15 Å². The van der Waals surface area contributed by atoms with Gasteiger partial charge in [0, 0.05) is 23.4 Å². The molecule has 0 saturated heterocycles. The van der Waals surface area contributed by atoms with Crippen LogP contribution in [0.5, 0.6) is 5.75 Å². The molecular weight excluding hydrogens is 264 g/mol. The van der Waals surface area contributed by atoms with Crippen molar-refractivity contribution in [2.75, 3.05) is 0 Å². The third kappa shape index (κ3) is 1.93. The number of hydrogen-bond acceptors (Lipinski definition) is 3. The van der Waals surface area contributed by atoms with Crippen molar-refractivity contribution in [3.05, 3.63) is 64.5 Å². The fourth-order valence-corrected chi connectivity index (χ4v) is 2.97. The fraction of sp³-hybridized carbons (Fsp3) is 0.167. The van der Waals surface area contributed by atoms with Gasteiger partial charge in [0.15, 0.2) is 0 Å². The van der Waals surface area contributed by atoms with E-state index in [1.165, 1.54) is 0 Å². The van der Waals surface area contributed by atoms with E-state index >= 15 is 0 Å². The second-order valence-corrected chi connectivity index (χ2v) is 5.40. The minimum absolute atomic E-state index is 0.122.